The summed E-state index contributed by atoms with van der Waals surface area (Å²) in [4.78, 5) is 25.2. The fourth-order valence-corrected chi connectivity index (χ4v) is 2.59. The highest BCUT2D eigenvalue weighted by molar-refractivity contribution is 7.13. The Morgan fingerprint density at radius 3 is 3.00 bits per heavy atom. The van der Waals surface area contributed by atoms with E-state index in [0.717, 1.165) is 18.5 Å². The van der Waals surface area contributed by atoms with Gasteiger partial charge in [0.2, 0.25) is 16.9 Å². The predicted molar refractivity (Wildman–Crippen MR) is 81.0 cm³/mol. The molecule has 0 aromatic carbocycles. The monoisotopic (exact) mass is 309 g/mol. The van der Waals surface area contributed by atoms with Gasteiger partial charge in [0.1, 0.15) is 5.51 Å². The van der Waals surface area contributed by atoms with Gasteiger partial charge in [0, 0.05) is 26.6 Å². The minimum atomic E-state index is -0.255. The van der Waals surface area contributed by atoms with E-state index in [9.17, 15) is 9.59 Å². The summed E-state index contributed by atoms with van der Waals surface area (Å²) in [5.41, 5.74) is 2.71. The van der Waals surface area contributed by atoms with Crippen molar-refractivity contribution in [3.05, 3.63) is 17.2 Å². The molecule has 0 bridgehead atoms. The van der Waals surface area contributed by atoms with Crippen molar-refractivity contribution in [3.63, 3.8) is 0 Å². The Hall–Kier alpha value is -1.80. The van der Waals surface area contributed by atoms with Gasteiger partial charge in [-0.1, -0.05) is 17.4 Å². The number of hydrogen-bond acceptors (Lipinski definition) is 6. The smallest absolute Gasteiger partial charge is 0.243 e. The summed E-state index contributed by atoms with van der Waals surface area (Å²) in [6.45, 7) is 5.42. The maximum atomic E-state index is 12.2. The molecule has 2 rings (SSSR count). The normalized spacial score (nSPS) is 17.0. The fraction of sp³-hybridized carbons (Fsp3) is 0.538. The molecule has 2 amide bonds. The highest BCUT2D eigenvalue weighted by Crippen LogP contribution is 2.15. The van der Waals surface area contributed by atoms with Crippen molar-refractivity contribution in [2.45, 2.75) is 26.3 Å². The predicted octanol–water partition coefficient (Wildman–Crippen LogP) is 0.633. The lowest BCUT2D eigenvalue weighted by molar-refractivity contribution is -0.121. The van der Waals surface area contributed by atoms with Crippen molar-refractivity contribution < 1.29 is 9.59 Å². The summed E-state index contributed by atoms with van der Waals surface area (Å²) in [5.74, 6) is -0.136. The van der Waals surface area contributed by atoms with Crippen LogP contribution in [-0.4, -0.2) is 52.6 Å². The van der Waals surface area contributed by atoms with E-state index in [2.05, 4.69) is 31.8 Å². The van der Waals surface area contributed by atoms with Gasteiger partial charge in [0.15, 0.2) is 0 Å². The summed E-state index contributed by atoms with van der Waals surface area (Å²) in [6.07, 6.45) is 3.01. The van der Waals surface area contributed by atoms with E-state index < -0.39 is 0 Å². The Morgan fingerprint density at radius 2 is 2.33 bits per heavy atom. The van der Waals surface area contributed by atoms with Gasteiger partial charge in [-0.3, -0.25) is 19.8 Å². The van der Waals surface area contributed by atoms with Gasteiger partial charge in [-0.05, 0) is 18.9 Å². The molecule has 1 atom stereocenters. The van der Waals surface area contributed by atoms with E-state index >= 15 is 0 Å². The maximum Gasteiger partial charge on any atom is 0.243 e. The zero-order chi connectivity index (χ0) is 15.2. The van der Waals surface area contributed by atoms with Crippen LogP contribution in [-0.2, 0) is 9.59 Å². The minimum Gasteiger partial charge on any atom is -0.353 e. The first-order chi connectivity index (χ1) is 10.1. The molecule has 0 spiro atoms. The van der Waals surface area contributed by atoms with Crippen molar-refractivity contribution in [3.8, 4) is 0 Å². The first-order valence-corrected chi connectivity index (χ1v) is 7.67. The van der Waals surface area contributed by atoms with Crippen LogP contribution in [0.25, 0.3) is 0 Å². The van der Waals surface area contributed by atoms with E-state index in [1.807, 2.05) is 6.92 Å². The third kappa shape index (κ3) is 4.61. The number of nitrogens with zero attached hydrogens (tertiary/aromatic N) is 3. The number of carbonyl (C=O) groups excluding carboxylic acids is 2. The van der Waals surface area contributed by atoms with Crippen LogP contribution in [0.15, 0.2) is 17.2 Å². The van der Waals surface area contributed by atoms with Crippen molar-refractivity contribution in [2.24, 2.45) is 0 Å². The molecule has 21 heavy (non-hydrogen) atoms. The van der Waals surface area contributed by atoms with Crippen LogP contribution in [0.3, 0.4) is 0 Å². The molecule has 0 saturated heterocycles. The third-order valence-electron chi connectivity index (χ3n) is 3.34. The van der Waals surface area contributed by atoms with E-state index in [-0.39, 0.29) is 17.9 Å². The zero-order valence-electron chi connectivity index (χ0n) is 12.1. The van der Waals surface area contributed by atoms with Crippen LogP contribution in [0.5, 0.6) is 0 Å². The Bertz CT molecular complexity index is 529. The standard InChI is InChI=1S/C13H19N5O2S/c1-9(12(20)16-13-17-15-8-21-13)18-5-3-4-11(7-18)6-14-10(2)19/h4,8-9H,3,5-7H2,1-2H3,(H,14,19)(H,16,17,20). The van der Waals surface area contributed by atoms with Crippen LogP contribution in [0.2, 0.25) is 0 Å². The van der Waals surface area contributed by atoms with Crippen molar-refractivity contribution >= 4 is 28.3 Å². The van der Waals surface area contributed by atoms with Crippen LogP contribution in [0.1, 0.15) is 20.3 Å². The lowest BCUT2D eigenvalue weighted by Gasteiger charge is -2.31. The van der Waals surface area contributed by atoms with Crippen molar-refractivity contribution in [1.82, 2.24) is 20.4 Å². The van der Waals surface area contributed by atoms with E-state index in [1.165, 1.54) is 18.3 Å². The first-order valence-electron chi connectivity index (χ1n) is 6.79. The highest BCUT2D eigenvalue weighted by atomic mass is 32.1. The van der Waals surface area contributed by atoms with Gasteiger partial charge in [-0.15, -0.1) is 10.2 Å². The summed E-state index contributed by atoms with van der Waals surface area (Å²) >= 11 is 1.30. The third-order valence-corrected chi connectivity index (χ3v) is 3.94. The van der Waals surface area contributed by atoms with Gasteiger partial charge >= 0.3 is 0 Å². The summed E-state index contributed by atoms with van der Waals surface area (Å²) < 4.78 is 0. The molecule has 0 fully saturated rings. The largest absolute Gasteiger partial charge is 0.353 e. The second kappa shape index (κ2) is 7.28. The molecule has 8 heteroatoms. The molecule has 2 heterocycles. The number of carbonyl (C=O) groups is 2. The number of nitrogens with one attached hydrogen (secondary N) is 2. The molecule has 1 unspecified atom stereocenters. The Kier molecular flexibility index (Phi) is 5.40. The molecular weight excluding hydrogens is 290 g/mol. The van der Waals surface area contributed by atoms with Crippen LogP contribution in [0, 0.1) is 0 Å². The summed E-state index contributed by atoms with van der Waals surface area (Å²) in [5, 5.41) is 13.6. The van der Waals surface area contributed by atoms with Crippen LogP contribution in [0.4, 0.5) is 5.13 Å². The minimum absolute atomic E-state index is 0.0462. The molecule has 2 N–H and O–H groups in total. The van der Waals surface area contributed by atoms with Crippen LogP contribution < -0.4 is 10.6 Å². The van der Waals surface area contributed by atoms with Gasteiger partial charge < -0.3 is 5.32 Å². The second-order valence-electron chi connectivity index (χ2n) is 4.94. The second-order valence-corrected chi connectivity index (χ2v) is 5.77. The topological polar surface area (TPSA) is 87.2 Å². The number of aromatic nitrogens is 2. The molecule has 1 aliphatic rings. The van der Waals surface area contributed by atoms with Crippen molar-refractivity contribution in [2.75, 3.05) is 25.0 Å². The molecular formula is C13H19N5O2S. The molecule has 7 nitrogen and oxygen atoms in total. The van der Waals surface area contributed by atoms with Crippen LogP contribution >= 0.6 is 11.3 Å². The maximum absolute atomic E-state index is 12.2. The molecule has 0 aliphatic carbocycles. The Balaban J connectivity index is 1.87. The number of hydrogen-bond donors (Lipinski definition) is 2. The van der Waals surface area contributed by atoms with Gasteiger partial charge in [-0.2, -0.15) is 0 Å². The van der Waals surface area contributed by atoms with Gasteiger partial charge in [0.05, 0.1) is 6.04 Å². The van der Waals surface area contributed by atoms with Gasteiger partial charge in [-0.25, -0.2) is 0 Å². The average Bonchev–Trinajstić information content (AvgIpc) is 2.97. The molecule has 0 radical (unpaired) electrons. The molecule has 114 valence electrons. The lowest BCUT2D eigenvalue weighted by Crippen LogP contribution is -2.45. The number of amides is 2. The number of anilines is 1. The quantitative estimate of drug-likeness (QED) is 0.779. The Morgan fingerprint density at radius 1 is 1.52 bits per heavy atom. The average molecular weight is 309 g/mol. The molecule has 0 saturated carbocycles. The van der Waals surface area contributed by atoms with E-state index in [4.69, 9.17) is 0 Å². The number of rotatable bonds is 5. The zero-order valence-corrected chi connectivity index (χ0v) is 12.9. The first kappa shape index (κ1) is 15.6. The van der Waals surface area contributed by atoms with E-state index in [1.54, 1.807) is 5.51 Å². The molecule has 1 aromatic rings. The fourth-order valence-electron chi connectivity index (χ4n) is 2.14. The van der Waals surface area contributed by atoms with Crippen molar-refractivity contribution in [1.29, 1.82) is 0 Å². The SMILES string of the molecule is CC(=O)NCC1=CCCN(C(C)C(=O)Nc2nncs2)C1. The molecule has 1 aromatic heterocycles. The highest BCUT2D eigenvalue weighted by Gasteiger charge is 2.24. The van der Waals surface area contributed by atoms with E-state index in [0.29, 0.717) is 18.2 Å². The Labute approximate surface area is 127 Å². The summed E-state index contributed by atoms with van der Waals surface area (Å²) in [6, 6.07) is -0.255. The van der Waals surface area contributed by atoms with Gasteiger partial charge in [0.25, 0.3) is 0 Å². The molecule has 1 aliphatic heterocycles. The lowest BCUT2D eigenvalue weighted by atomic mass is 10.1. The summed E-state index contributed by atoms with van der Waals surface area (Å²) in [7, 11) is 0.